The lowest BCUT2D eigenvalue weighted by atomic mass is 10.2. The number of hydrogen-bond acceptors (Lipinski definition) is 4. The Morgan fingerprint density at radius 3 is 2.88 bits per heavy atom. The predicted octanol–water partition coefficient (Wildman–Crippen LogP) is 2.71. The number of amides is 2. The van der Waals surface area contributed by atoms with Gasteiger partial charge in [-0.3, -0.25) is 14.5 Å². The Morgan fingerprint density at radius 2 is 2.24 bits per heavy atom. The zero-order valence-electron chi connectivity index (χ0n) is 9.20. The van der Waals surface area contributed by atoms with Gasteiger partial charge in [-0.05, 0) is 24.6 Å². The van der Waals surface area contributed by atoms with Crippen LogP contribution in [0.5, 0.6) is 0 Å². The first kappa shape index (κ1) is 12.3. The molecule has 1 heterocycles. The molecule has 0 aromatic heterocycles. The molecule has 0 aliphatic carbocycles. The summed E-state index contributed by atoms with van der Waals surface area (Å²) in [4.78, 5) is 23.9. The van der Waals surface area contributed by atoms with Crippen molar-refractivity contribution in [2.24, 2.45) is 0 Å². The van der Waals surface area contributed by atoms with Crippen molar-refractivity contribution in [1.29, 1.82) is 0 Å². The summed E-state index contributed by atoms with van der Waals surface area (Å²) in [6.07, 6.45) is 0. The van der Waals surface area contributed by atoms with Crippen LogP contribution in [0.3, 0.4) is 0 Å². The lowest BCUT2D eigenvalue weighted by Crippen LogP contribution is -2.33. The summed E-state index contributed by atoms with van der Waals surface area (Å²) in [5, 5.41) is 3.45. The number of nitrogens with zero attached hydrogens (tertiary/aromatic N) is 1. The van der Waals surface area contributed by atoms with Crippen molar-refractivity contribution in [1.82, 2.24) is 4.90 Å². The highest BCUT2D eigenvalue weighted by molar-refractivity contribution is 8.14. The third kappa shape index (κ3) is 2.73. The summed E-state index contributed by atoms with van der Waals surface area (Å²) in [5.41, 5.74) is 1.84. The predicted molar refractivity (Wildman–Crippen MR) is 69.4 cm³/mol. The van der Waals surface area contributed by atoms with Crippen molar-refractivity contribution in [3.05, 3.63) is 28.8 Å². The number of hydrogen-bond donors (Lipinski definition) is 1. The molecule has 1 aromatic rings. The van der Waals surface area contributed by atoms with E-state index in [1.807, 2.05) is 13.0 Å². The van der Waals surface area contributed by atoms with E-state index < -0.39 is 0 Å². The number of rotatable bonds is 3. The van der Waals surface area contributed by atoms with Crippen LogP contribution in [0.4, 0.5) is 10.5 Å². The Hall–Kier alpha value is -1.20. The van der Waals surface area contributed by atoms with Gasteiger partial charge in [0.25, 0.3) is 5.24 Å². The molecule has 1 aliphatic rings. The van der Waals surface area contributed by atoms with Gasteiger partial charge in [-0.15, -0.1) is 0 Å². The van der Waals surface area contributed by atoms with Gasteiger partial charge in [0.1, 0.15) is 0 Å². The molecule has 1 aromatic carbocycles. The van der Waals surface area contributed by atoms with E-state index in [1.165, 1.54) is 4.90 Å². The van der Waals surface area contributed by atoms with Crippen LogP contribution in [-0.4, -0.2) is 28.5 Å². The van der Waals surface area contributed by atoms with Gasteiger partial charge in [-0.25, -0.2) is 0 Å². The number of benzene rings is 1. The molecule has 2 rings (SSSR count). The fourth-order valence-corrected chi connectivity index (χ4v) is 2.38. The number of halogens is 1. The van der Waals surface area contributed by atoms with E-state index >= 15 is 0 Å². The third-order valence-corrected chi connectivity index (χ3v) is 3.56. The van der Waals surface area contributed by atoms with Crippen LogP contribution in [0.1, 0.15) is 5.56 Å². The molecular weight excluding hydrogens is 260 g/mol. The zero-order valence-corrected chi connectivity index (χ0v) is 10.8. The SMILES string of the molecule is Cc1ccc(Cl)cc1NCN1C(=O)CSC1=O. The smallest absolute Gasteiger partial charge is 0.290 e. The van der Waals surface area contributed by atoms with Crippen LogP contribution in [0.25, 0.3) is 0 Å². The normalized spacial score (nSPS) is 15.5. The molecule has 0 spiro atoms. The van der Waals surface area contributed by atoms with Crippen LogP contribution >= 0.6 is 23.4 Å². The fraction of sp³-hybridized carbons (Fsp3) is 0.273. The average molecular weight is 271 g/mol. The Morgan fingerprint density at radius 1 is 1.47 bits per heavy atom. The second kappa shape index (κ2) is 4.98. The Labute approximate surface area is 108 Å². The van der Waals surface area contributed by atoms with Crippen molar-refractivity contribution in [3.63, 3.8) is 0 Å². The number of aryl methyl sites for hydroxylation is 1. The zero-order chi connectivity index (χ0) is 12.4. The minimum atomic E-state index is -0.206. The fourth-order valence-electron chi connectivity index (χ4n) is 1.48. The number of anilines is 1. The van der Waals surface area contributed by atoms with Crippen molar-refractivity contribution in [2.75, 3.05) is 17.7 Å². The van der Waals surface area contributed by atoms with Gasteiger partial charge >= 0.3 is 0 Å². The molecule has 17 heavy (non-hydrogen) atoms. The molecule has 4 nitrogen and oxygen atoms in total. The van der Waals surface area contributed by atoms with E-state index in [1.54, 1.807) is 12.1 Å². The number of imide groups is 1. The van der Waals surface area contributed by atoms with Crippen molar-refractivity contribution >= 4 is 40.2 Å². The van der Waals surface area contributed by atoms with Gasteiger partial charge in [0.15, 0.2) is 0 Å². The van der Waals surface area contributed by atoms with E-state index in [2.05, 4.69) is 5.32 Å². The molecule has 2 amide bonds. The molecule has 0 radical (unpaired) electrons. The molecule has 0 unspecified atom stereocenters. The van der Waals surface area contributed by atoms with Crippen LogP contribution < -0.4 is 5.32 Å². The van der Waals surface area contributed by atoms with E-state index in [0.717, 1.165) is 23.0 Å². The average Bonchev–Trinajstić information content (AvgIpc) is 2.61. The summed E-state index contributed by atoms with van der Waals surface area (Å²) in [6.45, 7) is 2.12. The van der Waals surface area contributed by atoms with Crippen LogP contribution in [0.15, 0.2) is 18.2 Å². The van der Waals surface area contributed by atoms with Gasteiger partial charge in [-0.2, -0.15) is 0 Å². The molecule has 1 aliphatic heterocycles. The molecule has 0 atom stereocenters. The maximum atomic E-state index is 11.4. The molecule has 1 saturated heterocycles. The molecular formula is C11H11ClN2O2S. The monoisotopic (exact) mass is 270 g/mol. The van der Waals surface area contributed by atoms with Crippen molar-refractivity contribution in [2.45, 2.75) is 6.92 Å². The molecule has 0 bridgehead atoms. The summed E-state index contributed by atoms with van der Waals surface area (Å²) >= 11 is 6.91. The number of nitrogens with one attached hydrogen (secondary N) is 1. The lowest BCUT2D eigenvalue weighted by molar-refractivity contribution is -0.124. The highest BCUT2D eigenvalue weighted by Crippen LogP contribution is 2.22. The number of thioether (sulfide) groups is 1. The largest absolute Gasteiger partial charge is 0.367 e. The summed E-state index contributed by atoms with van der Waals surface area (Å²) < 4.78 is 0. The molecule has 90 valence electrons. The van der Waals surface area contributed by atoms with Crippen molar-refractivity contribution in [3.8, 4) is 0 Å². The summed E-state index contributed by atoms with van der Waals surface area (Å²) in [6, 6.07) is 5.45. The first-order valence-corrected chi connectivity index (χ1v) is 6.41. The molecule has 6 heteroatoms. The van der Waals surface area contributed by atoms with Gasteiger partial charge in [0.05, 0.1) is 12.4 Å². The first-order chi connectivity index (χ1) is 8.08. The van der Waals surface area contributed by atoms with E-state index in [-0.39, 0.29) is 23.6 Å². The Balaban J connectivity index is 2.04. The van der Waals surface area contributed by atoms with E-state index in [4.69, 9.17) is 11.6 Å². The van der Waals surface area contributed by atoms with E-state index in [0.29, 0.717) is 5.02 Å². The van der Waals surface area contributed by atoms with Gasteiger partial charge < -0.3 is 5.32 Å². The third-order valence-electron chi connectivity index (χ3n) is 2.47. The second-order valence-corrected chi connectivity index (χ2v) is 5.03. The minimum absolute atomic E-state index is 0.160. The highest BCUT2D eigenvalue weighted by atomic mass is 35.5. The Bertz CT molecular complexity index is 463. The highest BCUT2D eigenvalue weighted by Gasteiger charge is 2.29. The van der Waals surface area contributed by atoms with E-state index in [9.17, 15) is 9.59 Å². The van der Waals surface area contributed by atoms with Gasteiger partial charge in [-0.1, -0.05) is 29.4 Å². The topological polar surface area (TPSA) is 49.4 Å². The number of carbonyl (C=O) groups is 2. The van der Waals surface area contributed by atoms with Gasteiger partial charge in [0, 0.05) is 10.7 Å². The Kier molecular flexibility index (Phi) is 3.59. The maximum absolute atomic E-state index is 11.4. The summed E-state index contributed by atoms with van der Waals surface area (Å²) in [5.74, 6) is 0.0712. The van der Waals surface area contributed by atoms with Gasteiger partial charge in [0.2, 0.25) is 5.91 Å². The molecule has 0 saturated carbocycles. The summed E-state index contributed by atoms with van der Waals surface area (Å²) in [7, 11) is 0. The quantitative estimate of drug-likeness (QED) is 0.917. The molecule has 1 N–H and O–H groups in total. The second-order valence-electron chi connectivity index (χ2n) is 3.67. The first-order valence-electron chi connectivity index (χ1n) is 5.05. The minimum Gasteiger partial charge on any atom is -0.367 e. The van der Waals surface area contributed by atoms with Crippen LogP contribution in [-0.2, 0) is 4.79 Å². The van der Waals surface area contributed by atoms with Crippen molar-refractivity contribution < 1.29 is 9.59 Å². The lowest BCUT2D eigenvalue weighted by Gasteiger charge is -2.16. The molecule has 1 fully saturated rings. The maximum Gasteiger partial charge on any atom is 0.290 e. The van der Waals surface area contributed by atoms with Crippen LogP contribution in [0.2, 0.25) is 5.02 Å². The van der Waals surface area contributed by atoms with Crippen LogP contribution in [0, 0.1) is 6.92 Å². The standard InChI is InChI=1S/C11H11ClN2O2S/c1-7-2-3-8(12)4-9(7)13-6-14-10(15)5-17-11(14)16/h2-4,13H,5-6H2,1H3. The number of carbonyl (C=O) groups excluding carboxylic acids is 2.